The molecule has 0 spiro atoms. The van der Waals surface area contributed by atoms with Gasteiger partial charge < -0.3 is 4.57 Å². The monoisotopic (exact) mass is 395 g/mol. The smallest absolute Gasteiger partial charge is 0.138 e. The second-order valence-corrected chi connectivity index (χ2v) is 7.33. The van der Waals surface area contributed by atoms with E-state index in [2.05, 4.69) is 33.8 Å². The number of nitriles is 2. The average molecular weight is 395 g/mol. The van der Waals surface area contributed by atoms with Crippen molar-refractivity contribution in [2.24, 2.45) is 0 Å². The Morgan fingerprint density at radius 2 is 1.39 bits per heavy atom. The van der Waals surface area contributed by atoms with Crippen LogP contribution in [0.25, 0.3) is 44.5 Å². The summed E-state index contributed by atoms with van der Waals surface area (Å²) in [5, 5.41) is 21.5. The van der Waals surface area contributed by atoms with Crippen molar-refractivity contribution in [2.75, 3.05) is 0 Å². The maximum Gasteiger partial charge on any atom is 0.138 e. The summed E-state index contributed by atoms with van der Waals surface area (Å²) in [5.41, 5.74) is 6.59. The van der Waals surface area contributed by atoms with Crippen molar-refractivity contribution < 1.29 is 0 Å². The maximum absolute atomic E-state index is 9.60. The van der Waals surface area contributed by atoms with E-state index in [4.69, 9.17) is 4.98 Å². The summed E-state index contributed by atoms with van der Waals surface area (Å²) in [7, 11) is 0. The van der Waals surface area contributed by atoms with E-state index in [1.807, 2.05) is 60.8 Å². The molecular formula is C26H13N5. The van der Waals surface area contributed by atoms with Crippen molar-refractivity contribution in [1.29, 1.82) is 10.5 Å². The first-order valence-corrected chi connectivity index (χ1v) is 9.81. The lowest BCUT2D eigenvalue weighted by atomic mass is 10.0. The summed E-state index contributed by atoms with van der Waals surface area (Å²) in [5.74, 6) is 0. The van der Waals surface area contributed by atoms with Gasteiger partial charge in [-0.25, -0.2) is 0 Å². The quantitative estimate of drug-likeness (QED) is 0.349. The third-order valence-corrected chi connectivity index (χ3v) is 5.76. The molecule has 0 fully saturated rings. The number of nitrogens with zero attached hydrogens (tertiary/aromatic N) is 5. The van der Waals surface area contributed by atoms with Gasteiger partial charge in [0, 0.05) is 33.7 Å². The molecule has 31 heavy (non-hydrogen) atoms. The van der Waals surface area contributed by atoms with Crippen LogP contribution in [0.4, 0.5) is 0 Å². The molecule has 2 aromatic carbocycles. The topological polar surface area (TPSA) is 78.3 Å². The fourth-order valence-electron chi connectivity index (χ4n) is 4.50. The van der Waals surface area contributed by atoms with Crippen LogP contribution in [0, 0.1) is 22.7 Å². The van der Waals surface area contributed by atoms with Gasteiger partial charge in [0.1, 0.15) is 17.7 Å². The van der Waals surface area contributed by atoms with Gasteiger partial charge in [0.05, 0.1) is 34.3 Å². The number of benzene rings is 2. The normalized spacial score (nSPS) is 11.7. The largest absolute Gasteiger partial charge is 0.308 e. The van der Waals surface area contributed by atoms with Gasteiger partial charge in [-0.05, 0) is 24.3 Å². The van der Waals surface area contributed by atoms with Crippen molar-refractivity contribution in [3.8, 4) is 29.2 Å². The van der Waals surface area contributed by atoms with Crippen LogP contribution in [0.3, 0.4) is 0 Å². The van der Waals surface area contributed by atoms with Crippen LogP contribution < -0.4 is 0 Å². The molecule has 1 aliphatic carbocycles. The van der Waals surface area contributed by atoms with E-state index in [0.29, 0.717) is 17.0 Å². The van der Waals surface area contributed by atoms with Crippen LogP contribution in [-0.2, 0) is 0 Å². The number of allylic oxidation sites excluding steroid dienone is 1. The van der Waals surface area contributed by atoms with Crippen molar-refractivity contribution in [1.82, 2.24) is 14.5 Å². The van der Waals surface area contributed by atoms with Gasteiger partial charge in [0.15, 0.2) is 0 Å². The van der Waals surface area contributed by atoms with Crippen LogP contribution in [0.5, 0.6) is 0 Å². The number of aromatic nitrogens is 3. The van der Waals surface area contributed by atoms with E-state index >= 15 is 0 Å². The first-order valence-electron chi connectivity index (χ1n) is 9.81. The van der Waals surface area contributed by atoms with Gasteiger partial charge in [0.25, 0.3) is 0 Å². The highest BCUT2D eigenvalue weighted by Crippen LogP contribution is 2.44. The molecule has 142 valence electrons. The van der Waals surface area contributed by atoms with Gasteiger partial charge >= 0.3 is 0 Å². The van der Waals surface area contributed by atoms with Crippen LogP contribution in [0.2, 0.25) is 0 Å². The first kappa shape index (κ1) is 17.1. The lowest BCUT2D eigenvalue weighted by molar-refractivity contribution is 1.14. The molecular weight excluding hydrogens is 382 g/mol. The third kappa shape index (κ3) is 2.29. The van der Waals surface area contributed by atoms with Crippen molar-refractivity contribution in [3.63, 3.8) is 0 Å². The molecule has 0 unspecified atom stereocenters. The van der Waals surface area contributed by atoms with Crippen LogP contribution in [0.1, 0.15) is 11.1 Å². The number of rotatable bonds is 1. The van der Waals surface area contributed by atoms with Crippen LogP contribution in [0.15, 0.2) is 84.7 Å². The molecule has 3 heterocycles. The molecule has 5 nitrogen and oxygen atoms in total. The molecule has 1 aliphatic rings. The third-order valence-electron chi connectivity index (χ3n) is 5.76. The second-order valence-electron chi connectivity index (χ2n) is 7.33. The van der Waals surface area contributed by atoms with Gasteiger partial charge in [-0.2, -0.15) is 10.5 Å². The fourth-order valence-corrected chi connectivity index (χ4v) is 4.50. The zero-order valence-corrected chi connectivity index (χ0v) is 16.2. The Balaban J connectivity index is 1.71. The molecule has 0 amide bonds. The summed E-state index contributed by atoms with van der Waals surface area (Å²) in [6.07, 6.45) is 3.53. The first-order chi connectivity index (χ1) is 15.3. The molecule has 0 aliphatic heterocycles. The average Bonchev–Trinajstić information content (AvgIpc) is 3.33. The highest BCUT2D eigenvalue weighted by molar-refractivity contribution is 6.09. The molecule has 6 rings (SSSR count). The molecule has 0 saturated carbocycles. The molecule has 3 aromatic heterocycles. The molecule has 0 atom stereocenters. The van der Waals surface area contributed by atoms with E-state index in [1.165, 1.54) is 0 Å². The van der Waals surface area contributed by atoms with Crippen molar-refractivity contribution in [2.45, 2.75) is 0 Å². The van der Waals surface area contributed by atoms with Gasteiger partial charge in [0.2, 0.25) is 0 Å². The second kappa shape index (κ2) is 6.38. The van der Waals surface area contributed by atoms with Gasteiger partial charge in [-0.1, -0.05) is 42.5 Å². The van der Waals surface area contributed by atoms with Crippen molar-refractivity contribution in [3.05, 3.63) is 95.8 Å². The Bertz CT molecular complexity index is 1590. The van der Waals surface area contributed by atoms with Crippen molar-refractivity contribution >= 4 is 27.4 Å². The molecule has 0 radical (unpaired) electrons. The zero-order valence-electron chi connectivity index (χ0n) is 16.2. The Labute approximate surface area is 177 Å². The SMILES string of the molecule is N#CC(C#N)=C1c2cccnc2-c2ncc(-n3c4ccccc4c4ccccc43)cc21. The summed E-state index contributed by atoms with van der Waals surface area (Å²) in [4.78, 5) is 9.21. The number of pyridine rings is 2. The number of hydrogen-bond acceptors (Lipinski definition) is 4. The fraction of sp³-hybridized carbons (Fsp3) is 0. The van der Waals surface area contributed by atoms with E-state index in [9.17, 15) is 10.5 Å². The Kier molecular flexibility index (Phi) is 3.53. The maximum atomic E-state index is 9.60. The van der Waals surface area contributed by atoms with Gasteiger partial charge in [-0.15, -0.1) is 0 Å². The van der Waals surface area contributed by atoms with E-state index in [0.717, 1.165) is 38.6 Å². The van der Waals surface area contributed by atoms with Crippen LogP contribution >= 0.6 is 0 Å². The Morgan fingerprint density at radius 1 is 0.742 bits per heavy atom. The zero-order chi connectivity index (χ0) is 20.9. The molecule has 5 aromatic rings. The number of hydrogen-bond donors (Lipinski definition) is 0. The molecule has 0 bridgehead atoms. The van der Waals surface area contributed by atoms with Crippen LogP contribution in [-0.4, -0.2) is 14.5 Å². The summed E-state index contributed by atoms with van der Waals surface area (Å²) in [6.45, 7) is 0. The predicted molar refractivity (Wildman–Crippen MR) is 119 cm³/mol. The molecule has 5 heteroatoms. The van der Waals surface area contributed by atoms with E-state index in [-0.39, 0.29) is 5.57 Å². The summed E-state index contributed by atoms with van der Waals surface area (Å²) in [6, 6.07) is 26.3. The standard InChI is InChI=1S/C26H13N5/c27-13-16(14-28)24-20-8-5-11-29-25(20)26-21(24)12-17(15-30-26)31-22-9-3-1-6-18(22)19-7-2-4-10-23(19)31/h1-12,15H. The highest BCUT2D eigenvalue weighted by atomic mass is 15.0. The minimum atomic E-state index is 0.0640. The minimum absolute atomic E-state index is 0.0640. The minimum Gasteiger partial charge on any atom is -0.308 e. The Morgan fingerprint density at radius 3 is 2.06 bits per heavy atom. The Hall–Kier alpha value is -4.74. The highest BCUT2D eigenvalue weighted by Gasteiger charge is 2.29. The van der Waals surface area contributed by atoms with Gasteiger partial charge in [-0.3, -0.25) is 9.97 Å². The lowest BCUT2D eigenvalue weighted by Crippen LogP contribution is -1.97. The van der Waals surface area contributed by atoms with E-state index < -0.39 is 0 Å². The lowest BCUT2D eigenvalue weighted by Gasteiger charge is -2.10. The summed E-state index contributed by atoms with van der Waals surface area (Å²) < 4.78 is 2.17. The number of fused-ring (bicyclic) bond motifs is 6. The predicted octanol–water partition coefficient (Wildman–Crippen LogP) is 5.40. The summed E-state index contributed by atoms with van der Waals surface area (Å²) >= 11 is 0. The van der Waals surface area contributed by atoms with E-state index in [1.54, 1.807) is 6.20 Å². The molecule has 0 saturated heterocycles. The molecule has 0 N–H and O–H groups in total. The number of para-hydroxylation sites is 2.